The highest BCUT2D eigenvalue weighted by Crippen LogP contribution is 2.17. The summed E-state index contributed by atoms with van der Waals surface area (Å²) in [4.78, 5) is 23.7. The minimum absolute atomic E-state index is 0.170. The van der Waals surface area contributed by atoms with Crippen molar-refractivity contribution in [1.29, 1.82) is 0 Å². The molecule has 25 heavy (non-hydrogen) atoms. The number of oxazole rings is 1. The van der Waals surface area contributed by atoms with Crippen LogP contribution >= 0.6 is 12.2 Å². The van der Waals surface area contributed by atoms with Crippen molar-refractivity contribution in [1.82, 2.24) is 20.7 Å². The van der Waals surface area contributed by atoms with Gasteiger partial charge in [0.2, 0.25) is 5.91 Å². The zero-order valence-corrected chi connectivity index (χ0v) is 14.7. The van der Waals surface area contributed by atoms with E-state index in [9.17, 15) is 9.59 Å². The van der Waals surface area contributed by atoms with E-state index in [0.717, 1.165) is 18.4 Å². The summed E-state index contributed by atoms with van der Waals surface area (Å²) in [6.07, 6.45) is 5.47. The Morgan fingerprint density at radius 1 is 1.24 bits per heavy atom. The van der Waals surface area contributed by atoms with Gasteiger partial charge in [-0.05, 0) is 43.6 Å². The van der Waals surface area contributed by atoms with E-state index < -0.39 is 5.76 Å². The molecule has 3 rings (SSSR count). The predicted octanol–water partition coefficient (Wildman–Crippen LogP) is 1.81. The summed E-state index contributed by atoms with van der Waals surface area (Å²) in [6, 6.07) is 7.65. The van der Waals surface area contributed by atoms with E-state index in [-0.39, 0.29) is 12.3 Å². The van der Waals surface area contributed by atoms with Crippen LogP contribution in [0.15, 0.2) is 33.5 Å². The molecule has 1 fully saturated rings. The Balaban J connectivity index is 1.41. The number of rotatable bonds is 5. The first-order chi connectivity index (χ1) is 12.1. The van der Waals surface area contributed by atoms with Crippen LogP contribution in [0, 0.1) is 0 Å². The Morgan fingerprint density at radius 3 is 2.80 bits per heavy atom. The molecule has 134 valence electrons. The summed E-state index contributed by atoms with van der Waals surface area (Å²) in [7, 11) is 0. The van der Waals surface area contributed by atoms with Gasteiger partial charge in [-0.1, -0.05) is 25.0 Å². The van der Waals surface area contributed by atoms with Crippen molar-refractivity contribution in [2.24, 2.45) is 0 Å². The topological polar surface area (TPSA) is 88.3 Å². The molecule has 0 saturated heterocycles. The number of aryl methyl sites for hydroxylation is 1. The number of hydrogen-bond donors (Lipinski definition) is 3. The summed E-state index contributed by atoms with van der Waals surface area (Å²) in [6.45, 7) is 0.425. The Bertz CT molecular complexity index is 808. The van der Waals surface area contributed by atoms with Crippen molar-refractivity contribution < 1.29 is 9.21 Å². The second-order valence-electron chi connectivity index (χ2n) is 6.22. The third kappa shape index (κ3) is 4.60. The first kappa shape index (κ1) is 17.5. The highest BCUT2D eigenvalue weighted by molar-refractivity contribution is 7.80. The normalized spacial score (nSPS) is 14.6. The minimum atomic E-state index is -0.401. The summed E-state index contributed by atoms with van der Waals surface area (Å²) < 4.78 is 6.71. The van der Waals surface area contributed by atoms with E-state index in [4.69, 9.17) is 16.6 Å². The molecule has 0 atom stereocenters. The molecular formula is C17H22N4O3S. The van der Waals surface area contributed by atoms with E-state index in [1.54, 1.807) is 10.6 Å². The molecule has 1 aliphatic rings. The van der Waals surface area contributed by atoms with E-state index in [1.807, 2.05) is 18.2 Å². The summed E-state index contributed by atoms with van der Waals surface area (Å²) in [5.74, 6) is -0.571. The van der Waals surface area contributed by atoms with E-state index in [2.05, 4.69) is 16.2 Å². The van der Waals surface area contributed by atoms with Gasteiger partial charge in [-0.2, -0.15) is 0 Å². The summed E-state index contributed by atoms with van der Waals surface area (Å²) >= 11 is 5.16. The van der Waals surface area contributed by atoms with Gasteiger partial charge in [-0.15, -0.1) is 0 Å². The molecule has 0 spiro atoms. The monoisotopic (exact) mass is 362 g/mol. The Labute approximate surface area is 150 Å². The maximum atomic E-state index is 11.9. The van der Waals surface area contributed by atoms with E-state index >= 15 is 0 Å². The van der Waals surface area contributed by atoms with Crippen molar-refractivity contribution in [3.05, 3.63) is 34.8 Å². The molecule has 2 aromatic rings. The van der Waals surface area contributed by atoms with Gasteiger partial charge in [0.15, 0.2) is 10.7 Å². The van der Waals surface area contributed by atoms with Crippen LogP contribution in [0.4, 0.5) is 0 Å². The second kappa shape index (κ2) is 8.15. The Hall–Kier alpha value is -2.35. The van der Waals surface area contributed by atoms with Gasteiger partial charge in [0.05, 0.1) is 5.52 Å². The number of aromatic nitrogens is 1. The maximum Gasteiger partial charge on any atom is 0.419 e. The first-order valence-corrected chi connectivity index (χ1v) is 8.98. The number of fused-ring (bicyclic) bond motifs is 1. The van der Waals surface area contributed by atoms with Gasteiger partial charge < -0.3 is 9.73 Å². The fourth-order valence-corrected chi connectivity index (χ4v) is 3.32. The SMILES string of the molecule is O=C(CCCn1c(=O)oc2ccccc21)NNC(=S)NC1CCCC1. The summed E-state index contributed by atoms with van der Waals surface area (Å²) in [5.41, 5.74) is 6.61. The van der Waals surface area contributed by atoms with Crippen LogP contribution in [0.1, 0.15) is 38.5 Å². The van der Waals surface area contributed by atoms with Gasteiger partial charge in [0.1, 0.15) is 0 Å². The number of benzene rings is 1. The number of nitrogens with one attached hydrogen (secondary N) is 3. The average Bonchev–Trinajstić information content (AvgIpc) is 3.21. The number of thiocarbonyl (C=S) groups is 1. The average molecular weight is 362 g/mol. The zero-order valence-electron chi connectivity index (χ0n) is 13.9. The van der Waals surface area contributed by atoms with Crippen LogP contribution in [0.3, 0.4) is 0 Å². The quantitative estimate of drug-likeness (QED) is 0.555. The van der Waals surface area contributed by atoms with Gasteiger partial charge in [0.25, 0.3) is 0 Å². The Morgan fingerprint density at radius 2 is 2.00 bits per heavy atom. The molecule has 0 aliphatic heterocycles. The van der Waals surface area contributed by atoms with Crippen LogP contribution in [-0.2, 0) is 11.3 Å². The lowest BCUT2D eigenvalue weighted by Crippen LogP contribution is -2.49. The van der Waals surface area contributed by atoms with Crippen LogP contribution in [-0.4, -0.2) is 21.6 Å². The number of hydrogen-bond acceptors (Lipinski definition) is 4. The molecule has 0 unspecified atom stereocenters. The zero-order chi connectivity index (χ0) is 17.6. The third-order valence-corrected chi connectivity index (χ3v) is 4.59. The first-order valence-electron chi connectivity index (χ1n) is 8.57. The third-order valence-electron chi connectivity index (χ3n) is 4.37. The van der Waals surface area contributed by atoms with Crippen LogP contribution < -0.4 is 21.9 Å². The number of carbonyl (C=O) groups is 1. The lowest BCUT2D eigenvalue weighted by Gasteiger charge is -2.16. The number of amides is 1. The van der Waals surface area contributed by atoms with Gasteiger partial charge in [0, 0.05) is 19.0 Å². The molecule has 1 aromatic heterocycles. The molecular weight excluding hydrogens is 340 g/mol. The maximum absolute atomic E-state index is 11.9. The fourth-order valence-electron chi connectivity index (χ4n) is 3.10. The number of nitrogens with zero attached hydrogens (tertiary/aromatic N) is 1. The van der Waals surface area contributed by atoms with Crippen molar-refractivity contribution >= 4 is 34.3 Å². The predicted molar refractivity (Wildman–Crippen MR) is 99.0 cm³/mol. The van der Waals surface area contributed by atoms with Crippen molar-refractivity contribution in [3.8, 4) is 0 Å². The van der Waals surface area contributed by atoms with Crippen molar-refractivity contribution in [2.45, 2.75) is 51.1 Å². The fraction of sp³-hybridized carbons (Fsp3) is 0.471. The molecule has 1 amide bonds. The molecule has 0 radical (unpaired) electrons. The lowest BCUT2D eigenvalue weighted by molar-refractivity contribution is -0.121. The standard InChI is InChI=1S/C17H22N4O3S/c22-15(19-20-16(25)18-12-6-1-2-7-12)10-5-11-21-13-8-3-4-9-14(13)24-17(21)23/h3-4,8-9,12H,1-2,5-7,10-11H2,(H,19,22)(H2,18,20,25). The highest BCUT2D eigenvalue weighted by atomic mass is 32.1. The van der Waals surface area contributed by atoms with Gasteiger partial charge in [-0.3, -0.25) is 20.2 Å². The van der Waals surface area contributed by atoms with Gasteiger partial charge >= 0.3 is 5.76 Å². The minimum Gasteiger partial charge on any atom is -0.408 e. The molecule has 1 aliphatic carbocycles. The molecule has 1 heterocycles. The Kier molecular flexibility index (Phi) is 5.70. The largest absolute Gasteiger partial charge is 0.419 e. The second-order valence-corrected chi connectivity index (χ2v) is 6.63. The molecule has 1 aromatic carbocycles. The van der Waals surface area contributed by atoms with Gasteiger partial charge in [-0.25, -0.2) is 4.79 Å². The van der Waals surface area contributed by atoms with E-state index in [1.165, 1.54) is 12.8 Å². The number of carbonyl (C=O) groups excluding carboxylic acids is 1. The van der Waals surface area contributed by atoms with Crippen molar-refractivity contribution in [3.63, 3.8) is 0 Å². The molecule has 3 N–H and O–H groups in total. The molecule has 7 nitrogen and oxygen atoms in total. The lowest BCUT2D eigenvalue weighted by atomic mass is 10.2. The molecule has 1 saturated carbocycles. The van der Waals surface area contributed by atoms with Crippen LogP contribution in [0.25, 0.3) is 11.1 Å². The van der Waals surface area contributed by atoms with Crippen LogP contribution in [0.2, 0.25) is 0 Å². The van der Waals surface area contributed by atoms with E-state index in [0.29, 0.717) is 29.7 Å². The smallest absolute Gasteiger partial charge is 0.408 e. The van der Waals surface area contributed by atoms with Crippen molar-refractivity contribution in [2.75, 3.05) is 0 Å². The number of hydrazine groups is 1. The highest BCUT2D eigenvalue weighted by Gasteiger charge is 2.15. The summed E-state index contributed by atoms with van der Waals surface area (Å²) in [5, 5.41) is 3.63. The molecule has 0 bridgehead atoms. The number of para-hydroxylation sites is 2. The molecule has 8 heteroatoms. The van der Waals surface area contributed by atoms with Crippen LogP contribution in [0.5, 0.6) is 0 Å².